The van der Waals surface area contributed by atoms with Gasteiger partial charge >= 0.3 is 6.09 Å². The highest BCUT2D eigenvalue weighted by molar-refractivity contribution is 5.93. The van der Waals surface area contributed by atoms with E-state index in [1.165, 1.54) is 18.3 Å². The van der Waals surface area contributed by atoms with Gasteiger partial charge < -0.3 is 10.4 Å². The molecule has 4 heterocycles. The Morgan fingerprint density at radius 1 is 1.20 bits per heavy atom. The lowest BCUT2D eigenvalue weighted by atomic mass is 10.1. The lowest BCUT2D eigenvalue weighted by Gasteiger charge is -2.26. The lowest BCUT2D eigenvalue weighted by Crippen LogP contribution is -2.47. The summed E-state index contributed by atoms with van der Waals surface area (Å²) in [5.74, 6) is 0.714. The number of carboxylic acid groups (broad SMARTS) is 1. The van der Waals surface area contributed by atoms with Crippen molar-refractivity contribution in [3.05, 3.63) is 65.6 Å². The Labute approximate surface area is 201 Å². The zero-order chi connectivity index (χ0) is 24.4. The monoisotopic (exact) mass is 469 g/mol. The topological polar surface area (TPSA) is 135 Å². The Kier molecular flexibility index (Phi) is 6.08. The van der Waals surface area contributed by atoms with Crippen LogP contribution in [0.5, 0.6) is 0 Å². The van der Waals surface area contributed by atoms with Gasteiger partial charge in [0.1, 0.15) is 11.6 Å². The molecule has 2 aliphatic rings. The quantitative estimate of drug-likeness (QED) is 0.562. The van der Waals surface area contributed by atoms with Gasteiger partial charge in [-0.1, -0.05) is 0 Å². The Morgan fingerprint density at radius 3 is 2.74 bits per heavy atom. The van der Waals surface area contributed by atoms with Crippen LogP contribution in [-0.4, -0.2) is 56.6 Å². The van der Waals surface area contributed by atoms with Crippen molar-refractivity contribution in [2.24, 2.45) is 0 Å². The number of aromatic nitrogens is 3. The molecular weight excluding hydrogens is 446 g/mol. The third kappa shape index (κ3) is 5.10. The smallest absolute Gasteiger partial charge is 0.418 e. The molecule has 0 unspecified atom stereocenters. The Morgan fingerprint density at radius 2 is 2.06 bits per heavy atom. The highest BCUT2D eigenvalue weighted by Gasteiger charge is 2.28. The number of pyridine rings is 3. The van der Waals surface area contributed by atoms with Gasteiger partial charge in [0.25, 0.3) is 0 Å². The van der Waals surface area contributed by atoms with E-state index in [9.17, 15) is 20.0 Å². The van der Waals surface area contributed by atoms with E-state index in [1.807, 2.05) is 29.2 Å². The van der Waals surface area contributed by atoms with Gasteiger partial charge in [-0.15, -0.1) is 0 Å². The molecule has 1 saturated heterocycles. The maximum atomic E-state index is 12.2. The van der Waals surface area contributed by atoms with Crippen molar-refractivity contribution in [2.45, 2.75) is 25.3 Å². The number of carbonyl (C=O) groups excluding carboxylic acids is 1. The first-order valence-corrected chi connectivity index (χ1v) is 11.4. The van der Waals surface area contributed by atoms with E-state index in [4.69, 9.17) is 0 Å². The fraction of sp³-hybridized carbons (Fsp3) is 0.280. The van der Waals surface area contributed by atoms with E-state index in [0.717, 1.165) is 41.1 Å². The minimum Gasteiger partial charge on any atom is -0.464 e. The van der Waals surface area contributed by atoms with Crippen LogP contribution in [0.4, 0.5) is 16.4 Å². The summed E-state index contributed by atoms with van der Waals surface area (Å²) in [7, 11) is 0. The molecule has 2 amide bonds. The summed E-state index contributed by atoms with van der Waals surface area (Å²) < 4.78 is 0. The highest BCUT2D eigenvalue weighted by atomic mass is 16.4. The number of amides is 2. The number of nitriles is 1. The van der Waals surface area contributed by atoms with Gasteiger partial charge in [0.2, 0.25) is 5.91 Å². The van der Waals surface area contributed by atoms with Crippen molar-refractivity contribution in [3.8, 4) is 17.3 Å². The van der Waals surface area contributed by atoms with Gasteiger partial charge in [0.15, 0.2) is 0 Å². The third-order valence-corrected chi connectivity index (χ3v) is 6.03. The lowest BCUT2D eigenvalue weighted by molar-refractivity contribution is -0.124. The van der Waals surface area contributed by atoms with Crippen LogP contribution >= 0.6 is 0 Å². The van der Waals surface area contributed by atoms with Crippen molar-refractivity contribution in [3.63, 3.8) is 0 Å². The maximum Gasteiger partial charge on any atom is 0.418 e. The van der Waals surface area contributed by atoms with Gasteiger partial charge in [-0.3, -0.25) is 14.7 Å². The molecule has 1 aliphatic heterocycles. The predicted molar refractivity (Wildman–Crippen MR) is 127 cm³/mol. The second kappa shape index (κ2) is 9.48. The molecular formula is C25H23N7O3. The summed E-state index contributed by atoms with van der Waals surface area (Å²) in [4.78, 5) is 40.2. The summed E-state index contributed by atoms with van der Waals surface area (Å²) in [6, 6.07) is 12.5. The molecule has 2 fully saturated rings. The zero-order valence-electron chi connectivity index (χ0n) is 18.9. The summed E-state index contributed by atoms with van der Waals surface area (Å²) in [6.45, 7) is 2.32. The molecule has 0 aromatic carbocycles. The number of nitrogens with zero attached hydrogens (tertiary/aromatic N) is 6. The summed E-state index contributed by atoms with van der Waals surface area (Å²) in [5.41, 5.74) is 3.54. The van der Waals surface area contributed by atoms with Gasteiger partial charge in [-0.05, 0) is 60.7 Å². The predicted octanol–water partition coefficient (Wildman–Crippen LogP) is 3.04. The average molecular weight is 470 g/mol. The number of rotatable bonds is 6. The molecule has 0 spiro atoms. The number of carbonyl (C=O) groups is 2. The number of hydrogen-bond donors (Lipinski definition) is 2. The summed E-state index contributed by atoms with van der Waals surface area (Å²) in [5, 5.41) is 22.0. The largest absolute Gasteiger partial charge is 0.464 e. The Bertz CT molecular complexity index is 1320. The van der Waals surface area contributed by atoms with Crippen LogP contribution in [0.1, 0.15) is 35.6 Å². The maximum absolute atomic E-state index is 12.2. The SMILES string of the molecule is N#Cc1ccnc(N(C(=O)O)c2cc(C3CC3)cc(-c3ccc(CN4CCNC(=O)C4)nc3)n2)c1. The third-order valence-electron chi connectivity index (χ3n) is 6.03. The van der Waals surface area contributed by atoms with E-state index in [0.29, 0.717) is 36.8 Å². The summed E-state index contributed by atoms with van der Waals surface area (Å²) in [6.07, 6.45) is 3.97. The van der Waals surface area contributed by atoms with E-state index in [-0.39, 0.29) is 17.5 Å². The minimum atomic E-state index is -1.24. The fourth-order valence-corrected chi connectivity index (χ4v) is 4.10. The first-order chi connectivity index (χ1) is 17.0. The molecule has 176 valence electrons. The van der Waals surface area contributed by atoms with Crippen molar-refractivity contribution in [1.82, 2.24) is 25.2 Å². The average Bonchev–Trinajstić information content (AvgIpc) is 3.70. The van der Waals surface area contributed by atoms with Crippen LogP contribution in [-0.2, 0) is 11.3 Å². The van der Waals surface area contributed by atoms with Gasteiger partial charge in [-0.2, -0.15) is 5.26 Å². The van der Waals surface area contributed by atoms with Gasteiger partial charge in [-0.25, -0.2) is 19.7 Å². The van der Waals surface area contributed by atoms with Crippen LogP contribution in [0.3, 0.4) is 0 Å². The van der Waals surface area contributed by atoms with E-state index in [1.54, 1.807) is 12.3 Å². The van der Waals surface area contributed by atoms with Crippen LogP contribution in [0, 0.1) is 11.3 Å². The molecule has 10 nitrogen and oxygen atoms in total. The standard InChI is InChI=1S/C25H23N7O3/c26-12-16-5-6-27-22(9-16)32(25(34)35)23-11-19(17-1-2-17)10-21(30-23)18-3-4-20(29-13-18)14-31-8-7-28-24(33)15-31/h3-6,9-11,13,17H,1-2,7-8,14-15H2,(H,28,33)(H,34,35). The molecule has 3 aromatic rings. The first kappa shape index (κ1) is 22.4. The molecule has 1 saturated carbocycles. The molecule has 3 aromatic heterocycles. The summed E-state index contributed by atoms with van der Waals surface area (Å²) >= 11 is 0. The van der Waals surface area contributed by atoms with Crippen molar-refractivity contribution in [1.29, 1.82) is 5.26 Å². The number of piperazine rings is 1. The van der Waals surface area contributed by atoms with Gasteiger partial charge in [0.05, 0.1) is 29.6 Å². The number of hydrogen-bond acceptors (Lipinski definition) is 7. The zero-order valence-corrected chi connectivity index (χ0v) is 18.9. The fourth-order valence-electron chi connectivity index (χ4n) is 4.10. The van der Waals surface area contributed by atoms with Gasteiger partial charge in [0, 0.05) is 37.6 Å². The number of anilines is 2. The molecule has 0 bridgehead atoms. The van der Waals surface area contributed by atoms with Crippen LogP contribution < -0.4 is 10.2 Å². The van der Waals surface area contributed by atoms with Crippen LogP contribution in [0.25, 0.3) is 11.3 Å². The molecule has 1 aliphatic carbocycles. The van der Waals surface area contributed by atoms with Crippen LogP contribution in [0.15, 0.2) is 48.8 Å². The second-order valence-corrected chi connectivity index (χ2v) is 8.65. The van der Waals surface area contributed by atoms with E-state index in [2.05, 4.69) is 20.3 Å². The Hall–Kier alpha value is -4.36. The van der Waals surface area contributed by atoms with Crippen molar-refractivity contribution < 1.29 is 14.7 Å². The van der Waals surface area contributed by atoms with E-state index >= 15 is 0 Å². The number of nitrogens with one attached hydrogen (secondary N) is 1. The minimum absolute atomic E-state index is 0.0132. The molecule has 5 rings (SSSR count). The molecule has 0 atom stereocenters. The highest BCUT2D eigenvalue weighted by Crippen LogP contribution is 2.42. The first-order valence-electron chi connectivity index (χ1n) is 11.4. The van der Waals surface area contributed by atoms with Crippen molar-refractivity contribution in [2.75, 3.05) is 24.5 Å². The van der Waals surface area contributed by atoms with E-state index < -0.39 is 6.09 Å². The normalized spacial score (nSPS) is 15.8. The van der Waals surface area contributed by atoms with Crippen molar-refractivity contribution >= 4 is 23.6 Å². The molecule has 10 heteroatoms. The second-order valence-electron chi connectivity index (χ2n) is 8.65. The molecule has 35 heavy (non-hydrogen) atoms. The molecule has 0 radical (unpaired) electrons. The van der Waals surface area contributed by atoms with Crippen LogP contribution in [0.2, 0.25) is 0 Å². The molecule has 2 N–H and O–H groups in total. The Balaban J connectivity index is 1.47.